The summed E-state index contributed by atoms with van der Waals surface area (Å²) in [5.74, 6) is -0.342. The van der Waals surface area contributed by atoms with Crippen molar-refractivity contribution in [2.75, 3.05) is 31.9 Å². The smallest absolute Gasteiger partial charge is 0.332 e. The highest BCUT2D eigenvalue weighted by atomic mass is 79.9. The molecule has 0 atom stereocenters. The molecule has 5 nitrogen and oxygen atoms in total. The van der Waals surface area contributed by atoms with Crippen molar-refractivity contribution in [2.45, 2.75) is 6.54 Å². The quantitative estimate of drug-likeness (QED) is 0.611. The van der Waals surface area contributed by atoms with E-state index in [1.165, 1.54) is 12.7 Å². The zero-order valence-electron chi connectivity index (χ0n) is 10.1. The van der Waals surface area contributed by atoms with Gasteiger partial charge in [-0.25, -0.2) is 4.79 Å². The van der Waals surface area contributed by atoms with E-state index in [1.807, 2.05) is 27.2 Å². The largest absolute Gasteiger partial charge is 0.462 e. The first kappa shape index (κ1) is 13.3. The van der Waals surface area contributed by atoms with Gasteiger partial charge >= 0.3 is 5.97 Å². The monoisotopic (exact) mass is 314 g/mol. The highest BCUT2D eigenvalue weighted by Crippen LogP contribution is 2.32. The second-order valence-electron chi connectivity index (χ2n) is 3.90. The maximum atomic E-state index is 11.2. The summed E-state index contributed by atoms with van der Waals surface area (Å²) >= 11 is 3.48. The second kappa shape index (κ2) is 6.17. The van der Waals surface area contributed by atoms with Crippen LogP contribution in [0.3, 0.4) is 0 Å². The molecule has 18 heavy (non-hydrogen) atoms. The van der Waals surface area contributed by atoms with Gasteiger partial charge in [-0.05, 0) is 11.6 Å². The average molecular weight is 315 g/mol. The van der Waals surface area contributed by atoms with Gasteiger partial charge in [-0.1, -0.05) is 18.2 Å². The van der Waals surface area contributed by atoms with E-state index in [4.69, 9.17) is 9.47 Å². The molecule has 1 aromatic carbocycles. The third kappa shape index (κ3) is 3.01. The molecule has 0 radical (unpaired) electrons. The van der Waals surface area contributed by atoms with Crippen LogP contribution in [-0.4, -0.2) is 36.9 Å². The first-order valence-corrected chi connectivity index (χ1v) is 6.36. The van der Waals surface area contributed by atoms with Gasteiger partial charge in [0.15, 0.2) is 0 Å². The van der Waals surface area contributed by atoms with E-state index in [9.17, 15) is 4.79 Å². The number of hydrogen-bond donors (Lipinski definition) is 0. The predicted octanol–water partition coefficient (Wildman–Crippen LogP) is 1.72. The molecule has 0 saturated heterocycles. The number of hydrogen-bond acceptors (Lipinski definition) is 5. The molecule has 0 N–H and O–H groups in total. The van der Waals surface area contributed by atoms with E-state index >= 15 is 0 Å². The third-order valence-corrected chi connectivity index (χ3v) is 3.29. The summed E-state index contributed by atoms with van der Waals surface area (Å²) in [6.45, 7) is 1.74. The highest BCUT2D eigenvalue weighted by Gasteiger charge is 2.24. The number of hydrazine groups is 1. The Morgan fingerprint density at radius 2 is 2.22 bits per heavy atom. The van der Waals surface area contributed by atoms with Gasteiger partial charge in [0.2, 0.25) is 0 Å². The number of benzene rings is 1. The van der Waals surface area contributed by atoms with Crippen molar-refractivity contribution in [3.8, 4) is 0 Å². The molecule has 98 valence electrons. The van der Waals surface area contributed by atoms with Crippen molar-refractivity contribution >= 4 is 27.8 Å². The first-order valence-electron chi connectivity index (χ1n) is 5.65. The lowest BCUT2D eigenvalue weighted by atomic mass is 10.2. The molecule has 0 bridgehead atoms. The summed E-state index contributed by atoms with van der Waals surface area (Å²) in [4.78, 5) is 11.2. The standard InChI is InChI=1S/C12H15BrN2O3/c1-17-9-12(16)18-7-6-14-11-5-3-2-4-10(11)8-15(14)13/h2-5H,6-9H2,1H3. The molecule has 0 fully saturated rings. The second-order valence-corrected chi connectivity index (χ2v) is 4.72. The van der Waals surface area contributed by atoms with E-state index in [1.54, 1.807) is 0 Å². The Morgan fingerprint density at radius 3 is 3.00 bits per heavy atom. The molecular weight excluding hydrogens is 300 g/mol. The van der Waals surface area contributed by atoms with Crippen LogP contribution in [0.4, 0.5) is 5.69 Å². The molecule has 0 spiro atoms. The van der Waals surface area contributed by atoms with E-state index in [0.717, 1.165) is 12.2 Å². The maximum Gasteiger partial charge on any atom is 0.332 e. The molecule has 0 aliphatic carbocycles. The summed E-state index contributed by atoms with van der Waals surface area (Å²) in [6.07, 6.45) is 0. The molecule has 1 heterocycles. The number of ether oxygens (including phenoxy) is 2. The molecule has 0 aromatic heterocycles. The van der Waals surface area contributed by atoms with Gasteiger partial charge in [0.1, 0.15) is 13.2 Å². The van der Waals surface area contributed by atoms with Gasteiger partial charge in [-0.2, -0.15) is 4.03 Å². The van der Waals surface area contributed by atoms with Gasteiger partial charge in [0.05, 0.1) is 18.8 Å². The molecule has 0 saturated carbocycles. The van der Waals surface area contributed by atoms with Crippen LogP contribution in [-0.2, 0) is 20.8 Å². The van der Waals surface area contributed by atoms with Crippen molar-refractivity contribution in [3.05, 3.63) is 29.8 Å². The molecule has 1 aliphatic heterocycles. The third-order valence-electron chi connectivity index (χ3n) is 2.66. The van der Waals surface area contributed by atoms with Crippen LogP contribution in [0.15, 0.2) is 24.3 Å². The number of nitrogens with zero attached hydrogens (tertiary/aromatic N) is 2. The SMILES string of the molecule is COCC(=O)OCCN1c2ccccc2CN1Br. The van der Waals surface area contributed by atoms with Crippen LogP contribution >= 0.6 is 16.1 Å². The van der Waals surface area contributed by atoms with E-state index in [2.05, 4.69) is 22.2 Å². The van der Waals surface area contributed by atoms with Gasteiger partial charge in [-0.15, -0.1) is 0 Å². The van der Waals surface area contributed by atoms with Crippen LogP contribution in [0.5, 0.6) is 0 Å². The summed E-state index contributed by atoms with van der Waals surface area (Å²) < 4.78 is 11.7. The zero-order chi connectivity index (χ0) is 13.0. The summed E-state index contributed by atoms with van der Waals surface area (Å²) in [5, 5.41) is 2.04. The molecule has 1 aromatic rings. The molecular formula is C12H15BrN2O3. The van der Waals surface area contributed by atoms with Crippen LogP contribution < -0.4 is 5.01 Å². The van der Waals surface area contributed by atoms with Gasteiger partial charge in [-0.3, -0.25) is 5.01 Å². The molecule has 1 aliphatic rings. The zero-order valence-corrected chi connectivity index (χ0v) is 11.7. The maximum absolute atomic E-state index is 11.2. The van der Waals surface area contributed by atoms with Crippen molar-refractivity contribution < 1.29 is 14.3 Å². The minimum Gasteiger partial charge on any atom is -0.462 e. The molecule has 6 heteroatoms. The fourth-order valence-electron chi connectivity index (χ4n) is 1.87. The fourth-order valence-corrected chi connectivity index (χ4v) is 2.47. The minimum atomic E-state index is -0.342. The lowest BCUT2D eigenvalue weighted by Gasteiger charge is -2.24. The van der Waals surface area contributed by atoms with Crippen LogP contribution in [0.2, 0.25) is 0 Å². The number of carbonyl (C=O) groups is 1. The van der Waals surface area contributed by atoms with Crippen LogP contribution in [0.25, 0.3) is 0 Å². The normalized spacial score (nSPS) is 14.7. The van der Waals surface area contributed by atoms with Gasteiger partial charge in [0.25, 0.3) is 0 Å². The van der Waals surface area contributed by atoms with E-state index in [-0.39, 0.29) is 12.6 Å². The van der Waals surface area contributed by atoms with Gasteiger partial charge < -0.3 is 9.47 Å². The topological polar surface area (TPSA) is 42.0 Å². The Morgan fingerprint density at radius 1 is 1.44 bits per heavy atom. The van der Waals surface area contributed by atoms with E-state index < -0.39 is 0 Å². The molecule has 0 unspecified atom stereocenters. The lowest BCUT2D eigenvalue weighted by molar-refractivity contribution is -0.147. The minimum absolute atomic E-state index is 0.00534. The Bertz CT molecular complexity index is 428. The number of anilines is 1. The number of rotatable bonds is 5. The number of carbonyl (C=O) groups excluding carboxylic acids is 1. The number of halogens is 1. The Kier molecular flexibility index (Phi) is 4.57. The number of fused-ring (bicyclic) bond motifs is 1. The van der Waals surface area contributed by atoms with Crippen molar-refractivity contribution in [1.82, 2.24) is 4.03 Å². The molecule has 2 rings (SSSR count). The Labute approximate surface area is 115 Å². The lowest BCUT2D eigenvalue weighted by Crippen LogP contribution is -2.33. The Hall–Kier alpha value is -1.11. The van der Waals surface area contributed by atoms with Crippen molar-refractivity contribution in [2.24, 2.45) is 0 Å². The summed E-state index contributed by atoms with van der Waals surface area (Å²) in [5.41, 5.74) is 2.38. The number of methoxy groups -OCH3 is 1. The predicted molar refractivity (Wildman–Crippen MR) is 71.1 cm³/mol. The first-order chi connectivity index (χ1) is 8.72. The molecule has 0 amide bonds. The van der Waals surface area contributed by atoms with Gasteiger partial charge in [0, 0.05) is 23.3 Å². The summed E-state index contributed by atoms with van der Waals surface area (Å²) in [6, 6.07) is 8.14. The average Bonchev–Trinajstić information content (AvgIpc) is 2.66. The van der Waals surface area contributed by atoms with Crippen molar-refractivity contribution in [1.29, 1.82) is 0 Å². The van der Waals surface area contributed by atoms with Crippen LogP contribution in [0.1, 0.15) is 5.56 Å². The Balaban J connectivity index is 1.88. The van der Waals surface area contributed by atoms with Crippen LogP contribution in [0, 0.1) is 0 Å². The fraction of sp³-hybridized carbons (Fsp3) is 0.417. The number of para-hydroxylation sites is 1. The summed E-state index contributed by atoms with van der Waals surface area (Å²) in [7, 11) is 1.47. The number of esters is 1. The highest BCUT2D eigenvalue weighted by molar-refractivity contribution is 9.07. The van der Waals surface area contributed by atoms with E-state index in [0.29, 0.717) is 13.2 Å². The van der Waals surface area contributed by atoms with Crippen molar-refractivity contribution in [3.63, 3.8) is 0 Å².